The maximum Gasteiger partial charge on any atom is 0.254 e. The van der Waals surface area contributed by atoms with Crippen molar-refractivity contribution in [3.8, 4) is 6.07 Å². The highest BCUT2D eigenvalue weighted by Crippen LogP contribution is 2.06. The van der Waals surface area contributed by atoms with E-state index < -0.39 is 11.7 Å². The lowest BCUT2D eigenvalue weighted by Gasteiger charge is -2.07. The third-order valence-electron chi connectivity index (χ3n) is 2.73. The minimum Gasteiger partial charge on any atom is -0.368 e. The summed E-state index contributed by atoms with van der Waals surface area (Å²) in [6.07, 6.45) is 1.46. The van der Waals surface area contributed by atoms with E-state index >= 15 is 0 Å². The molecule has 0 spiro atoms. The van der Waals surface area contributed by atoms with Gasteiger partial charge in [0.15, 0.2) is 0 Å². The third-order valence-corrected chi connectivity index (χ3v) is 2.73. The van der Waals surface area contributed by atoms with Gasteiger partial charge in [-0.15, -0.1) is 0 Å². The molecule has 0 unspecified atom stereocenters. The van der Waals surface area contributed by atoms with E-state index in [1.165, 1.54) is 24.4 Å². The van der Waals surface area contributed by atoms with Gasteiger partial charge in [-0.1, -0.05) is 12.1 Å². The molecule has 0 saturated heterocycles. The monoisotopic (exact) mass is 284 g/mol. The number of rotatable bonds is 5. The highest BCUT2D eigenvalue weighted by Gasteiger charge is 2.09. The zero-order valence-electron chi connectivity index (χ0n) is 11.1. The van der Waals surface area contributed by atoms with Gasteiger partial charge in [-0.2, -0.15) is 5.26 Å². The smallest absolute Gasteiger partial charge is 0.254 e. The summed E-state index contributed by atoms with van der Waals surface area (Å²) in [5.74, 6) is -0.395. The van der Waals surface area contributed by atoms with Gasteiger partial charge in [0.2, 0.25) is 0 Å². The van der Waals surface area contributed by atoms with Crippen LogP contribution < -0.4 is 10.6 Å². The number of pyridine rings is 1. The summed E-state index contributed by atoms with van der Waals surface area (Å²) in [5, 5.41) is 14.2. The van der Waals surface area contributed by atoms with Crippen molar-refractivity contribution in [2.45, 2.75) is 0 Å². The number of amides is 1. The Balaban J connectivity index is 1.78. The fourth-order valence-electron chi connectivity index (χ4n) is 1.67. The quantitative estimate of drug-likeness (QED) is 0.822. The minimum atomic E-state index is -0.545. The van der Waals surface area contributed by atoms with E-state index in [-0.39, 0.29) is 5.56 Å². The molecule has 0 saturated carbocycles. The van der Waals surface area contributed by atoms with E-state index in [0.717, 1.165) is 0 Å². The van der Waals surface area contributed by atoms with Crippen molar-refractivity contribution >= 4 is 11.7 Å². The van der Waals surface area contributed by atoms with Crippen LogP contribution >= 0.6 is 0 Å². The molecule has 2 rings (SSSR count). The van der Waals surface area contributed by atoms with E-state index in [4.69, 9.17) is 5.26 Å². The standard InChI is InChI=1S/C15H13FN4O/c16-13-4-2-1-3-12(13)15(21)19-8-7-18-14-6-5-11(9-17)10-20-14/h1-6,10H,7-8H2,(H,18,20)(H,19,21). The maximum absolute atomic E-state index is 13.4. The van der Waals surface area contributed by atoms with E-state index in [1.807, 2.05) is 6.07 Å². The highest BCUT2D eigenvalue weighted by atomic mass is 19.1. The van der Waals surface area contributed by atoms with E-state index in [0.29, 0.717) is 24.5 Å². The molecule has 21 heavy (non-hydrogen) atoms. The van der Waals surface area contributed by atoms with Crippen LogP contribution in [0.4, 0.5) is 10.2 Å². The van der Waals surface area contributed by atoms with E-state index in [2.05, 4.69) is 15.6 Å². The van der Waals surface area contributed by atoms with Crippen LogP contribution in [0, 0.1) is 17.1 Å². The lowest BCUT2D eigenvalue weighted by Crippen LogP contribution is -2.29. The average molecular weight is 284 g/mol. The summed E-state index contributed by atoms with van der Waals surface area (Å²) in [7, 11) is 0. The van der Waals surface area contributed by atoms with Gasteiger partial charge in [0.25, 0.3) is 5.91 Å². The van der Waals surface area contributed by atoms with Crippen molar-refractivity contribution in [1.82, 2.24) is 10.3 Å². The van der Waals surface area contributed by atoms with Crippen LogP contribution in [0.15, 0.2) is 42.6 Å². The van der Waals surface area contributed by atoms with Crippen LogP contribution in [0.5, 0.6) is 0 Å². The first kappa shape index (κ1) is 14.5. The van der Waals surface area contributed by atoms with Crippen molar-refractivity contribution in [3.63, 3.8) is 0 Å². The Morgan fingerprint density at radius 1 is 1.24 bits per heavy atom. The highest BCUT2D eigenvalue weighted by molar-refractivity contribution is 5.94. The molecule has 0 aliphatic rings. The molecule has 0 radical (unpaired) electrons. The number of nitrogens with one attached hydrogen (secondary N) is 2. The van der Waals surface area contributed by atoms with Crippen LogP contribution in [-0.2, 0) is 0 Å². The van der Waals surface area contributed by atoms with Gasteiger partial charge in [0.1, 0.15) is 17.7 Å². The number of hydrogen-bond acceptors (Lipinski definition) is 4. The predicted molar refractivity (Wildman–Crippen MR) is 76.2 cm³/mol. The molecule has 0 fully saturated rings. The fourth-order valence-corrected chi connectivity index (χ4v) is 1.67. The molecule has 0 atom stereocenters. The predicted octanol–water partition coefficient (Wildman–Crippen LogP) is 1.93. The molecule has 0 aliphatic carbocycles. The number of benzene rings is 1. The summed E-state index contributed by atoms with van der Waals surface area (Å²) in [6.45, 7) is 0.772. The van der Waals surface area contributed by atoms with Crippen LogP contribution in [0.1, 0.15) is 15.9 Å². The van der Waals surface area contributed by atoms with Gasteiger partial charge in [-0.25, -0.2) is 9.37 Å². The Morgan fingerprint density at radius 2 is 2.05 bits per heavy atom. The van der Waals surface area contributed by atoms with Crippen LogP contribution in [0.25, 0.3) is 0 Å². The Bertz CT molecular complexity index is 664. The summed E-state index contributed by atoms with van der Waals surface area (Å²) in [6, 6.07) is 11.1. The number of anilines is 1. The zero-order chi connectivity index (χ0) is 15.1. The number of carbonyl (C=O) groups is 1. The number of carbonyl (C=O) groups excluding carboxylic acids is 1. The maximum atomic E-state index is 13.4. The second-order valence-corrected chi connectivity index (χ2v) is 4.21. The largest absolute Gasteiger partial charge is 0.368 e. The SMILES string of the molecule is N#Cc1ccc(NCCNC(=O)c2ccccc2F)nc1. The molecule has 1 aromatic heterocycles. The van der Waals surface area contributed by atoms with E-state index in [1.54, 1.807) is 18.2 Å². The van der Waals surface area contributed by atoms with Crippen molar-refractivity contribution in [2.75, 3.05) is 18.4 Å². The second kappa shape index (κ2) is 7.01. The molecule has 5 nitrogen and oxygen atoms in total. The number of nitriles is 1. The van der Waals surface area contributed by atoms with Crippen molar-refractivity contribution in [1.29, 1.82) is 5.26 Å². The molecular formula is C15H13FN4O. The first-order valence-electron chi connectivity index (χ1n) is 6.33. The lowest BCUT2D eigenvalue weighted by molar-refractivity contribution is 0.0951. The van der Waals surface area contributed by atoms with Gasteiger partial charge in [0.05, 0.1) is 11.1 Å². The molecule has 0 bridgehead atoms. The Morgan fingerprint density at radius 3 is 2.71 bits per heavy atom. The van der Waals surface area contributed by atoms with E-state index in [9.17, 15) is 9.18 Å². The summed E-state index contributed by atoms with van der Waals surface area (Å²) >= 11 is 0. The topological polar surface area (TPSA) is 77.8 Å². The van der Waals surface area contributed by atoms with Gasteiger partial charge in [0, 0.05) is 19.3 Å². The molecule has 1 aromatic carbocycles. The summed E-state index contributed by atoms with van der Waals surface area (Å²) in [5.41, 5.74) is 0.502. The number of nitrogens with zero attached hydrogens (tertiary/aromatic N) is 2. The first-order chi connectivity index (χ1) is 10.2. The summed E-state index contributed by atoms with van der Waals surface area (Å²) in [4.78, 5) is 15.8. The van der Waals surface area contributed by atoms with Crippen LogP contribution in [0.2, 0.25) is 0 Å². The van der Waals surface area contributed by atoms with Gasteiger partial charge >= 0.3 is 0 Å². The molecule has 106 valence electrons. The van der Waals surface area contributed by atoms with Crippen molar-refractivity contribution < 1.29 is 9.18 Å². The van der Waals surface area contributed by atoms with Crippen molar-refractivity contribution in [3.05, 3.63) is 59.5 Å². The molecule has 1 heterocycles. The van der Waals surface area contributed by atoms with Crippen LogP contribution in [0.3, 0.4) is 0 Å². The summed E-state index contributed by atoms with van der Waals surface area (Å²) < 4.78 is 13.4. The third kappa shape index (κ3) is 4.01. The molecular weight excluding hydrogens is 271 g/mol. The second-order valence-electron chi connectivity index (χ2n) is 4.21. The Hall–Kier alpha value is -2.94. The number of hydrogen-bond donors (Lipinski definition) is 2. The molecule has 2 aromatic rings. The molecule has 0 aliphatic heterocycles. The Kier molecular flexibility index (Phi) is 4.83. The average Bonchev–Trinajstić information content (AvgIpc) is 2.52. The van der Waals surface area contributed by atoms with Gasteiger partial charge < -0.3 is 10.6 Å². The lowest BCUT2D eigenvalue weighted by atomic mass is 10.2. The Labute approximate surface area is 121 Å². The first-order valence-corrected chi connectivity index (χ1v) is 6.33. The van der Waals surface area contributed by atoms with Crippen LogP contribution in [-0.4, -0.2) is 24.0 Å². The minimum absolute atomic E-state index is 0.0222. The molecule has 6 heteroatoms. The van der Waals surface area contributed by atoms with Gasteiger partial charge in [-0.3, -0.25) is 4.79 Å². The normalized spacial score (nSPS) is 9.71. The molecule has 2 N–H and O–H groups in total. The van der Waals surface area contributed by atoms with Gasteiger partial charge in [-0.05, 0) is 24.3 Å². The fraction of sp³-hybridized carbons (Fsp3) is 0.133. The molecule has 1 amide bonds. The number of halogens is 1. The zero-order valence-corrected chi connectivity index (χ0v) is 11.1. The number of aromatic nitrogens is 1. The van der Waals surface area contributed by atoms with Crippen molar-refractivity contribution in [2.24, 2.45) is 0 Å².